The monoisotopic (exact) mass is 312 g/mol. The van der Waals surface area contributed by atoms with Gasteiger partial charge in [0, 0.05) is 21.8 Å². The van der Waals surface area contributed by atoms with Crippen molar-refractivity contribution in [3.8, 4) is 0 Å². The maximum atomic E-state index is 12.8. The van der Waals surface area contributed by atoms with Crippen molar-refractivity contribution in [1.82, 2.24) is 0 Å². The van der Waals surface area contributed by atoms with Crippen LogP contribution in [-0.2, 0) is 17.6 Å². The smallest absolute Gasteiger partial charge is 0.307 e. The summed E-state index contributed by atoms with van der Waals surface area (Å²) < 4.78 is 0. The highest BCUT2D eigenvalue weighted by Gasteiger charge is 2.22. The van der Waals surface area contributed by atoms with Gasteiger partial charge in [-0.2, -0.15) is 0 Å². The number of hydrogen-bond donors (Lipinski definition) is 1. The fourth-order valence-corrected chi connectivity index (χ4v) is 3.86. The number of carboxylic acids is 1. The first-order valence-corrected chi connectivity index (χ1v) is 8.15. The summed E-state index contributed by atoms with van der Waals surface area (Å²) in [6.45, 7) is 1.98. The quantitative estimate of drug-likeness (QED) is 0.878. The molecule has 0 bridgehead atoms. The van der Waals surface area contributed by atoms with Crippen LogP contribution in [0.2, 0.25) is 0 Å². The molecule has 0 aromatic heterocycles. The average Bonchev–Trinajstić information content (AvgIpc) is 2.94. The lowest BCUT2D eigenvalue weighted by Gasteiger charge is -2.10. The van der Waals surface area contributed by atoms with Crippen molar-refractivity contribution in [1.29, 1.82) is 0 Å². The zero-order valence-electron chi connectivity index (χ0n) is 12.3. The van der Waals surface area contributed by atoms with Gasteiger partial charge in [0.2, 0.25) is 0 Å². The van der Waals surface area contributed by atoms with Gasteiger partial charge in [0.25, 0.3) is 0 Å². The molecule has 2 aromatic carbocycles. The van der Waals surface area contributed by atoms with Gasteiger partial charge >= 0.3 is 5.97 Å². The molecular formula is C18H16O3S. The van der Waals surface area contributed by atoms with Crippen LogP contribution in [0.1, 0.15) is 32.6 Å². The standard InChI is InChI=1S/C18H16O3S/c1-11-2-4-13(5-3-11)17(21)15-9-12(10-16(19)20)8-14-6-7-22-18(14)15/h2-5,8-9H,6-7,10H2,1H3,(H,19,20). The first kappa shape index (κ1) is 14.9. The molecule has 112 valence electrons. The minimum absolute atomic E-state index is 0.0297. The van der Waals surface area contributed by atoms with E-state index in [9.17, 15) is 9.59 Å². The summed E-state index contributed by atoms with van der Waals surface area (Å²) in [5.41, 5.74) is 4.19. The topological polar surface area (TPSA) is 54.4 Å². The van der Waals surface area contributed by atoms with Crippen molar-refractivity contribution in [3.63, 3.8) is 0 Å². The fourth-order valence-electron chi connectivity index (χ4n) is 2.68. The molecular weight excluding hydrogens is 296 g/mol. The van der Waals surface area contributed by atoms with Crippen molar-refractivity contribution in [2.45, 2.75) is 24.7 Å². The fraction of sp³-hybridized carbons (Fsp3) is 0.222. The summed E-state index contributed by atoms with van der Waals surface area (Å²) in [6, 6.07) is 11.2. The van der Waals surface area contributed by atoms with Crippen LogP contribution in [0.25, 0.3) is 0 Å². The lowest BCUT2D eigenvalue weighted by Crippen LogP contribution is -2.07. The Morgan fingerprint density at radius 3 is 2.59 bits per heavy atom. The highest BCUT2D eigenvalue weighted by Crippen LogP contribution is 2.36. The van der Waals surface area contributed by atoms with E-state index in [1.807, 2.05) is 37.3 Å². The normalized spacial score (nSPS) is 13.0. The number of thioether (sulfide) groups is 1. The minimum Gasteiger partial charge on any atom is -0.481 e. The lowest BCUT2D eigenvalue weighted by molar-refractivity contribution is -0.136. The minimum atomic E-state index is -0.876. The highest BCUT2D eigenvalue weighted by atomic mass is 32.2. The van der Waals surface area contributed by atoms with Gasteiger partial charge in [0.1, 0.15) is 0 Å². The van der Waals surface area contributed by atoms with Crippen LogP contribution < -0.4 is 0 Å². The van der Waals surface area contributed by atoms with Crippen LogP contribution in [0.3, 0.4) is 0 Å². The van der Waals surface area contributed by atoms with E-state index in [4.69, 9.17) is 5.11 Å². The van der Waals surface area contributed by atoms with Crippen LogP contribution in [0.4, 0.5) is 0 Å². The van der Waals surface area contributed by atoms with Crippen molar-refractivity contribution in [3.05, 3.63) is 64.2 Å². The zero-order chi connectivity index (χ0) is 15.7. The largest absolute Gasteiger partial charge is 0.481 e. The van der Waals surface area contributed by atoms with Gasteiger partial charge in [0.15, 0.2) is 5.78 Å². The Bertz CT molecular complexity index is 748. The number of ketones is 1. The Morgan fingerprint density at radius 2 is 1.91 bits per heavy atom. The van der Waals surface area contributed by atoms with Crippen molar-refractivity contribution in [2.75, 3.05) is 5.75 Å². The number of benzene rings is 2. The van der Waals surface area contributed by atoms with Gasteiger partial charge < -0.3 is 5.11 Å². The third-order valence-electron chi connectivity index (χ3n) is 3.76. The second kappa shape index (κ2) is 5.97. The van der Waals surface area contributed by atoms with E-state index < -0.39 is 5.97 Å². The van der Waals surface area contributed by atoms with Crippen LogP contribution in [0.15, 0.2) is 41.3 Å². The zero-order valence-corrected chi connectivity index (χ0v) is 13.1. The van der Waals surface area contributed by atoms with Crippen molar-refractivity contribution in [2.24, 2.45) is 0 Å². The average molecular weight is 312 g/mol. The van der Waals surface area contributed by atoms with Gasteiger partial charge in [-0.15, -0.1) is 11.8 Å². The lowest BCUT2D eigenvalue weighted by atomic mass is 9.96. The summed E-state index contributed by atoms with van der Waals surface area (Å²) in [5, 5.41) is 9.00. The molecule has 1 N–H and O–H groups in total. The first-order valence-electron chi connectivity index (χ1n) is 7.16. The molecule has 1 heterocycles. The van der Waals surface area contributed by atoms with Gasteiger partial charge in [-0.05, 0) is 30.5 Å². The molecule has 1 aliphatic heterocycles. The summed E-state index contributed by atoms with van der Waals surface area (Å²) in [5.74, 6) is 0.0391. The summed E-state index contributed by atoms with van der Waals surface area (Å²) in [4.78, 5) is 24.8. The van der Waals surface area contributed by atoms with E-state index in [0.29, 0.717) is 16.7 Å². The van der Waals surface area contributed by atoms with E-state index >= 15 is 0 Å². The molecule has 0 unspecified atom stereocenters. The van der Waals surface area contributed by atoms with Gasteiger partial charge in [-0.25, -0.2) is 0 Å². The van der Waals surface area contributed by atoms with Crippen LogP contribution >= 0.6 is 11.8 Å². The van der Waals surface area contributed by atoms with Gasteiger partial charge in [-0.3, -0.25) is 9.59 Å². The predicted molar refractivity (Wildman–Crippen MR) is 86.8 cm³/mol. The summed E-state index contributed by atoms with van der Waals surface area (Å²) >= 11 is 1.68. The maximum Gasteiger partial charge on any atom is 0.307 e. The molecule has 2 aromatic rings. The van der Waals surface area contributed by atoms with Crippen molar-refractivity contribution < 1.29 is 14.7 Å². The van der Waals surface area contributed by atoms with E-state index in [1.165, 1.54) is 0 Å². The Morgan fingerprint density at radius 1 is 1.18 bits per heavy atom. The number of aryl methyl sites for hydroxylation is 2. The Hall–Kier alpha value is -2.07. The molecule has 0 atom stereocenters. The summed E-state index contributed by atoms with van der Waals surface area (Å²) in [6.07, 6.45) is 0.841. The second-order valence-corrected chi connectivity index (χ2v) is 6.60. The van der Waals surface area contributed by atoms with Gasteiger partial charge in [0.05, 0.1) is 6.42 Å². The molecule has 0 aliphatic carbocycles. The number of carboxylic acid groups (broad SMARTS) is 1. The molecule has 3 rings (SSSR count). The van der Waals surface area contributed by atoms with Crippen LogP contribution in [0.5, 0.6) is 0 Å². The molecule has 0 saturated heterocycles. The maximum absolute atomic E-state index is 12.8. The van der Waals surface area contributed by atoms with Crippen molar-refractivity contribution >= 4 is 23.5 Å². The first-order chi connectivity index (χ1) is 10.5. The van der Waals surface area contributed by atoms with E-state index in [1.54, 1.807) is 17.8 Å². The third-order valence-corrected chi connectivity index (χ3v) is 4.94. The molecule has 0 saturated carbocycles. The molecule has 3 nitrogen and oxygen atoms in total. The van der Waals surface area contributed by atoms with E-state index in [-0.39, 0.29) is 12.2 Å². The SMILES string of the molecule is Cc1ccc(C(=O)c2cc(CC(=O)O)cc3c2SCC3)cc1. The number of carbonyl (C=O) groups is 2. The van der Waals surface area contributed by atoms with E-state index in [2.05, 4.69) is 0 Å². The van der Waals surface area contributed by atoms with Crippen LogP contribution in [-0.4, -0.2) is 22.6 Å². The number of hydrogen-bond acceptors (Lipinski definition) is 3. The predicted octanol–water partition coefficient (Wildman–Crippen LogP) is 3.50. The second-order valence-electron chi connectivity index (χ2n) is 5.50. The summed E-state index contributed by atoms with van der Waals surface area (Å²) in [7, 11) is 0. The third kappa shape index (κ3) is 2.92. The highest BCUT2D eigenvalue weighted by molar-refractivity contribution is 7.99. The Kier molecular flexibility index (Phi) is 4.03. The molecule has 0 amide bonds. The number of rotatable bonds is 4. The molecule has 0 spiro atoms. The number of carbonyl (C=O) groups excluding carboxylic acids is 1. The molecule has 22 heavy (non-hydrogen) atoms. The molecule has 0 fully saturated rings. The molecule has 1 aliphatic rings. The number of fused-ring (bicyclic) bond motifs is 1. The molecule has 0 radical (unpaired) electrons. The number of aliphatic carboxylic acids is 1. The van der Waals surface area contributed by atoms with Crippen LogP contribution in [0, 0.1) is 6.92 Å². The Labute approximate surface area is 133 Å². The molecule has 4 heteroatoms. The van der Waals surface area contributed by atoms with E-state index in [0.717, 1.165) is 28.2 Å². The Balaban J connectivity index is 2.05. The van der Waals surface area contributed by atoms with Gasteiger partial charge in [-0.1, -0.05) is 35.9 Å².